The molecule has 2 rings (SSSR count). The molecule has 0 aromatic carbocycles. The van der Waals surface area contributed by atoms with Crippen LogP contribution in [0.15, 0.2) is 0 Å². The number of hydrogen-bond acceptors (Lipinski definition) is 1. The monoisotopic (exact) mass is 306 g/mol. The molecule has 22 heavy (non-hydrogen) atoms. The molecule has 2 unspecified atom stereocenters. The molecule has 0 aromatic rings. The van der Waals surface area contributed by atoms with Crippen LogP contribution in [0.1, 0.15) is 103 Å². The lowest BCUT2D eigenvalue weighted by atomic mass is 9.76. The Hall–Kier alpha value is -0.330. The first-order valence-corrected chi connectivity index (χ1v) is 10.3. The van der Waals surface area contributed by atoms with Crippen molar-refractivity contribution in [3.63, 3.8) is 0 Å². The molecule has 0 N–H and O–H groups in total. The molecule has 2 fully saturated rings. The highest BCUT2D eigenvalue weighted by molar-refractivity contribution is 5.53. The van der Waals surface area contributed by atoms with Crippen LogP contribution in [0, 0.1) is 23.7 Å². The molecule has 1 heteroatoms. The second-order valence-electron chi connectivity index (χ2n) is 8.24. The summed E-state index contributed by atoms with van der Waals surface area (Å²) < 4.78 is 0. The average molecular weight is 307 g/mol. The Morgan fingerprint density at radius 3 is 1.95 bits per heavy atom. The van der Waals surface area contributed by atoms with Gasteiger partial charge >= 0.3 is 0 Å². The van der Waals surface area contributed by atoms with Gasteiger partial charge in [-0.3, -0.25) is 0 Å². The van der Waals surface area contributed by atoms with Crippen LogP contribution < -0.4 is 0 Å². The largest absolute Gasteiger partial charge is 0.303 e. The molecule has 128 valence electrons. The second-order valence-corrected chi connectivity index (χ2v) is 8.24. The lowest BCUT2D eigenvalue weighted by Crippen LogP contribution is -2.16. The highest BCUT2D eigenvalue weighted by Gasteiger charge is 2.22. The molecule has 0 radical (unpaired) electrons. The Bertz CT molecular complexity index is 290. The van der Waals surface area contributed by atoms with Crippen molar-refractivity contribution in [3.05, 3.63) is 0 Å². The highest BCUT2D eigenvalue weighted by atomic mass is 16.1. The quantitative estimate of drug-likeness (QED) is 0.349. The van der Waals surface area contributed by atoms with E-state index >= 15 is 0 Å². The molecule has 2 saturated carbocycles. The Kier molecular flexibility index (Phi) is 8.55. The van der Waals surface area contributed by atoms with Crippen LogP contribution in [0.3, 0.4) is 0 Å². The maximum atomic E-state index is 10.8. The zero-order valence-electron chi connectivity index (χ0n) is 14.9. The molecule has 0 heterocycles. The maximum absolute atomic E-state index is 10.8. The van der Waals surface area contributed by atoms with Gasteiger partial charge in [-0.25, -0.2) is 0 Å². The van der Waals surface area contributed by atoms with E-state index < -0.39 is 0 Å². The number of unbranched alkanes of at least 4 members (excludes halogenated alkanes) is 2. The van der Waals surface area contributed by atoms with Crippen molar-refractivity contribution in [2.45, 2.75) is 103 Å². The van der Waals surface area contributed by atoms with Gasteiger partial charge in [-0.05, 0) is 49.9 Å². The first kappa shape index (κ1) is 18.0. The highest BCUT2D eigenvalue weighted by Crippen LogP contribution is 2.36. The van der Waals surface area contributed by atoms with Crippen molar-refractivity contribution in [2.24, 2.45) is 23.7 Å². The average Bonchev–Trinajstić information content (AvgIpc) is 2.58. The van der Waals surface area contributed by atoms with Gasteiger partial charge in [0.2, 0.25) is 0 Å². The minimum atomic E-state index is 0.388. The van der Waals surface area contributed by atoms with E-state index in [1.165, 1.54) is 89.8 Å². The summed E-state index contributed by atoms with van der Waals surface area (Å²) in [5, 5.41) is 0. The van der Waals surface area contributed by atoms with Crippen molar-refractivity contribution in [3.8, 4) is 0 Å². The summed E-state index contributed by atoms with van der Waals surface area (Å²) in [6.07, 6.45) is 22.3. The standard InChI is InChI=1S/C21H38O/c1-2-3-7-19-10-6-11-20(16-19)9-5-4-8-18-12-14-21(17-22)15-13-18/h17-21H,2-16H2,1H3. The Balaban J connectivity index is 1.52. The van der Waals surface area contributed by atoms with E-state index in [1.807, 2.05) is 0 Å². The van der Waals surface area contributed by atoms with Crippen molar-refractivity contribution in [1.29, 1.82) is 0 Å². The van der Waals surface area contributed by atoms with Crippen LogP contribution >= 0.6 is 0 Å². The molecular weight excluding hydrogens is 268 g/mol. The van der Waals surface area contributed by atoms with Gasteiger partial charge in [-0.2, -0.15) is 0 Å². The maximum Gasteiger partial charge on any atom is 0.123 e. The van der Waals surface area contributed by atoms with E-state index in [-0.39, 0.29) is 0 Å². The van der Waals surface area contributed by atoms with Crippen molar-refractivity contribution in [1.82, 2.24) is 0 Å². The van der Waals surface area contributed by atoms with Crippen molar-refractivity contribution >= 4 is 6.29 Å². The zero-order valence-corrected chi connectivity index (χ0v) is 14.9. The van der Waals surface area contributed by atoms with E-state index in [1.54, 1.807) is 0 Å². The topological polar surface area (TPSA) is 17.1 Å². The van der Waals surface area contributed by atoms with E-state index in [9.17, 15) is 4.79 Å². The molecule has 0 amide bonds. The smallest absolute Gasteiger partial charge is 0.123 e. The molecular formula is C21H38O. The minimum absolute atomic E-state index is 0.388. The predicted molar refractivity (Wildman–Crippen MR) is 95.0 cm³/mol. The van der Waals surface area contributed by atoms with Crippen molar-refractivity contribution in [2.75, 3.05) is 0 Å². The lowest BCUT2D eigenvalue weighted by molar-refractivity contribution is -0.112. The van der Waals surface area contributed by atoms with Gasteiger partial charge in [0.05, 0.1) is 0 Å². The number of hydrogen-bond donors (Lipinski definition) is 0. The fraction of sp³-hybridized carbons (Fsp3) is 0.952. The fourth-order valence-corrected chi connectivity index (χ4v) is 4.90. The van der Waals surface area contributed by atoms with Gasteiger partial charge in [0.15, 0.2) is 0 Å². The third kappa shape index (κ3) is 6.42. The lowest BCUT2D eigenvalue weighted by Gasteiger charge is -2.29. The van der Waals surface area contributed by atoms with Crippen LogP contribution in [0.25, 0.3) is 0 Å². The molecule has 2 aliphatic carbocycles. The molecule has 1 nitrogen and oxygen atoms in total. The van der Waals surface area contributed by atoms with E-state index in [0.717, 1.165) is 30.6 Å². The van der Waals surface area contributed by atoms with Gasteiger partial charge in [0, 0.05) is 5.92 Å². The number of rotatable bonds is 9. The first-order valence-electron chi connectivity index (χ1n) is 10.3. The van der Waals surface area contributed by atoms with E-state index in [4.69, 9.17) is 0 Å². The van der Waals surface area contributed by atoms with E-state index in [2.05, 4.69) is 6.92 Å². The Labute approximate surface area is 138 Å². The molecule has 2 atom stereocenters. The van der Waals surface area contributed by atoms with E-state index in [0.29, 0.717) is 5.92 Å². The SMILES string of the molecule is CCCCC1CCCC(CCCCC2CCC(C=O)CC2)C1. The van der Waals surface area contributed by atoms with Crippen LogP contribution in [0.4, 0.5) is 0 Å². The fourth-order valence-electron chi connectivity index (χ4n) is 4.90. The Morgan fingerprint density at radius 1 is 0.773 bits per heavy atom. The number of carbonyl (C=O) groups excluding carboxylic acids is 1. The molecule has 0 saturated heterocycles. The number of carbonyl (C=O) groups is 1. The van der Waals surface area contributed by atoms with Gasteiger partial charge in [-0.15, -0.1) is 0 Å². The van der Waals surface area contributed by atoms with Gasteiger partial charge < -0.3 is 4.79 Å². The normalized spacial score (nSPS) is 32.8. The van der Waals surface area contributed by atoms with Crippen LogP contribution in [0.2, 0.25) is 0 Å². The minimum Gasteiger partial charge on any atom is -0.303 e. The molecule has 0 spiro atoms. The van der Waals surface area contributed by atoms with Gasteiger partial charge in [0.25, 0.3) is 0 Å². The predicted octanol–water partition coefficient (Wildman–Crippen LogP) is 6.55. The summed E-state index contributed by atoms with van der Waals surface area (Å²) in [4.78, 5) is 10.8. The van der Waals surface area contributed by atoms with Gasteiger partial charge in [0.1, 0.15) is 6.29 Å². The first-order chi connectivity index (χ1) is 10.8. The third-order valence-corrected chi connectivity index (χ3v) is 6.42. The second kappa shape index (κ2) is 10.4. The molecule has 0 bridgehead atoms. The Morgan fingerprint density at radius 2 is 1.36 bits per heavy atom. The van der Waals surface area contributed by atoms with Crippen LogP contribution in [-0.2, 0) is 4.79 Å². The molecule has 2 aliphatic rings. The third-order valence-electron chi connectivity index (χ3n) is 6.42. The van der Waals surface area contributed by atoms with Gasteiger partial charge in [-0.1, -0.05) is 71.1 Å². The van der Waals surface area contributed by atoms with Crippen LogP contribution in [0.5, 0.6) is 0 Å². The summed E-state index contributed by atoms with van der Waals surface area (Å²) in [5.41, 5.74) is 0. The summed E-state index contributed by atoms with van der Waals surface area (Å²) in [7, 11) is 0. The summed E-state index contributed by atoms with van der Waals surface area (Å²) in [6.45, 7) is 2.32. The van der Waals surface area contributed by atoms with Crippen molar-refractivity contribution < 1.29 is 4.79 Å². The molecule has 0 aromatic heterocycles. The number of aldehydes is 1. The molecule has 0 aliphatic heterocycles. The summed E-state index contributed by atoms with van der Waals surface area (Å²) >= 11 is 0. The van der Waals surface area contributed by atoms with Crippen LogP contribution in [-0.4, -0.2) is 6.29 Å². The zero-order chi connectivity index (χ0) is 15.6. The summed E-state index contributed by atoms with van der Waals surface area (Å²) in [5.74, 6) is 3.41. The summed E-state index contributed by atoms with van der Waals surface area (Å²) in [6, 6.07) is 0.